The zero-order valence-electron chi connectivity index (χ0n) is 23.1. The number of sulfonamides is 1. The van der Waals surface area contributed by atoms with E-state index < -0.39 is 34.3 Å². The second-order valence-corrected chi connectivity index (χ2v) is 12.2. The summed E-state index contributed by atoms with van der Waals surface area (Å²) < 4.78 is 46.0. The average molecular weight is 582 g/mol. The molecule has 0 radical (unpaired) electrons. The van der Waals surface area contributed by atoms with Gasteiger partial charge in [0.25, 0.3) is 0 Å². The molecule has 0 spiro atoms. The van der Waals surface area contributed by atoms with Crippen molar-refractivity contribution in [3.05, 3.63) is 107 Å². The van der Waals surface area contributed by atoms with Gasteiger partial charge in [-0.2, -0.15) is 4.31 Å². The van der Waals surface area contributed by atoms with Gasteiger partial charge < -0.3 is 15.0 Å². The van der Waals surface area contributed by atoms with Crippen LogP contribution in [0.5, 0.6) is 0 Å². The Kier molecular flexibility index (Phi) is 10.6. The van der Waals surface area contributed by atoms with E-state index in [0.29, 0.717) is 18.7 Å². The maximum Gasteiger partial charge on any atom is 0.243 e. The Balaban J connectivity index is 1.65. The Hall–Kier alpha value is -3.60. The van der Waals surface area contributed by atoms with Crippen molar-refractivity contribution in [2.24, 2.45) is 0 Å². The van der Waals surface area contributed by atoms with Crippen LogP contribution in [0.4, 0.5) is 4.39 Å². The van der Waals surface area contributed by atoms with Gasteiger partial charge in [-0.3, -0.25) is 9.59 Å². The van der Waals surface area contributed by atoms with E-state index in [-0.39, 0.29) is 31.5 Å². The standard InChI is InChI=1S/C31H36FN3O5S/c1-41(38,39)34(21-25-11-6-3-7-12-25)23-30(36)35(22-26-14-16-27(32)17-15-26)29(19-24-9-4-2-5-10-24)31(37)33-20-28-13-8-18-40-28/h2-7,9-12,14-17,28-29H,8,13,18-23H2,1H3,(H,33,37). The van der Waals surface area contributed by atoms with Crippen LogP contribution in [0.15, 0.2) is 84.9 Å². The molecule has 2 amide bonds. The van der Waals surface area contributed by atoms with Gasteiger partial charge in [0.2, 0.25) is 21.8 Å². The molecular weight excluding hydrogens is 545 g/mol. The third-order valence-electron chi connectivity index (χ3n) is 7.05. The predicted molar refractivity (Wildman–Crippen MR) is 155 cm³/mol. The van der Waals surface area contributed by atoms with Crippen LogP contribution in [-0.4, -0.2) is 67.5 Å². The topological polar surface area (TPSA) is 96.0 Å². The third kappa shape index (κ3) is 9.21. The molecule has 8 nitrogen and oxygen atoms in total. The summed E-state index contributed by atoms with van der Waals surface area (Å²) in [7, 11) is -3.78. The number of carbonyl (C=O) groups excluding carboxylic acids is 2. The minimum atomic E-state index is -3.78. The lowest BCUT2D eigenvalue weighted by Crippen LogP contribution is -2.54. The Morgan fingerprint density at radius 3 is 2.12 bits per heavy atom. The summed E-state index contributed by atoms with van der Waals surface area (Å²) in [6.45, 7) is 0.495. The van der Waals surface area contributed by atoms with E-state index in [0.717, 1.165) is 34.5 Å². The van der Waals surface area contributed by atoms with E-state index in [1.165, 1.54) is 17.0 Å². The van der Waals surface area contributed by atoms with Crippen LogP contribution in [0, 0.1) is 5.82 Å². The van der Waals surface area contributed by atoms with E-state index in [1.807, 2.05) is 36.4 Å². The van der Waals surface area contributed by atoms with Crippen molar-refractivity contribution in [2.45, 2.75) is 44.5 Å². The first-order chi connectivity index (χ1) is 19.7. The highest BCUT2D eigenvalue weighted by atomic mass is 32.2. The number of benzene rings is 3. The summed E-state index contributed by atoms with van der Waals surface area (Å²) in [5.41, 5.74) is 2.18. The van der Waals surface area contributed by atoms with Gasteiger partial charge in [-0.1, -0.05) is 72.8 Å². The number of carbonyl (C=O) groups is 2. The van der Waals surface area contributed by atoms with E-state index in [1.54, 1.807) is 36.4 Å². The van der Waals surface area contributed by atoms with Crippen molar-refractivity contribution >= 4 is 21.8 Å². The highest BCUT2D eigenvalue weighted by Gasteiger charge is 2.33. The lowest BCUT2D eigenvalue weighted by molar-refractivity contribution is -0.141. The van der Waals surface area contributed by atoms with E-state index >= 15 is 0 Å². The molecule has 2 unspecified atom stereocenters. The highest BCUT2D eigenvalue weighted by Crippen LogP contribution is 2.18. The monoisotopic (exact) mass is 581 g/mol. The van der Waals surface area contributed by atoms with E-state index in [2.05, 4.69) is 5.32 Å². The van der Waals surface area contributed by atoms with Gasteiger partial charge in [-0.25, -0.2) is 12.8 Å². The largest absolute Gasteiger partial charge is 0.376 e. The Morgan fingerprint density at radius 2 is 1.54 bits per heavy atom. The normalized spacial score (nSPS) is 15.9. The summed E-state index contributed by atoms with van der Waals surface area (Å²) in [6, 6.07) is 23.1. The molecule has 218 valence electrons. The van der Waals surface area contributed by atoms with Crippen molar-refractivity contribution in [3.63, 3.8) is 0 Å². The lowest BCUT2D eigenvalue weighted by atomic mass is 10.0. The number of halogens is 1. The Bertz CT molecular complexity index is 1380. The van der Waals surface area contributed by atoms with Gasteiger partial charge in [-0.05, 0) is 41.7 Å². The average Bonchev–Trinajstić information content (AvgIpc) is 3.49. The maximum atomic E-state index is 14.0. The van der Waals surface area contributed by atoms with E-state index in [4.69, 9.17) is 4.74 Å². The van der Waals surface area contributed by atoms with Gasteiger partial charge in [0.1, 0.15) is 11.9 Å². The van der Waals surface area contributed by atoms with Crippen molar-refractivity contribution in [1.29, 1.82) is 0 Å². The fourth-order valence-corrected chi connectivity index (χ4v) is 5.53. The number of nitrogens with zero attached hydrogens (tertiary/aromatic N) is 2. The molecule has 10 heteroatoms. The fraction of sp³-hybridized carbons (Fsp3) is 0.355. The summed E-state index contributed by atoms with van der Waals surface area (Å²) in [5, 5.41) is 2.95. The van der Waals surface area contributed by atoms with Crippen molar-refractivity contribution < 1.29 is 27.1 Å². The number of amides is 2. The summed E-state index contributed by atoms with van der Waals surface area (Å²) in [5.74, 6) is -1.33. The van der Waals surface area contributed by atoms with Gasteiger partial charge >= 0.3 is 0 Å². The molecule has 0 bridgehead atoms. The molecule has 2 atom stereocenters. The van der Waals surface area contributed by atoms with E-state index in [9.17, 15) is 22.4 Å². The van der Waals surface area contributed by atoms with Crippen molar-refractivity contribution in [2.75, 3.05) is 26.0 Å². The minimum Gasteiger partial charge on any atom is -0.376 e. The van der Waals surface area contributed by atoms with Gasteiger partial charge in [0.15, 0.2) is 0 Å². The highest BCUT2D eigenvalue weighted by molar-refractivity contribution is 7.88. The number of rotatable bonds is 13. The molecule has 3 aromatic rings. The molecule has 3 aromatic carbocycles. The van der Waals surface area contributed by atoms with Crippen LogP contribution >= 0.6 is 0 Å². The lowest BCUT2D eigenvalue weighted by Gasteiger charge is -2.33. The quantitative estimate of drug-likeness (QED) is 0.333. The molecule has 1 aliphatic heterocycles. The SMILES string of the molecule is CS(=O)(=O)N(CC(=O)N(Cc1ccc(F)cc1)C(Cc1ccccc1)C(=O)NCC1CCCO1)Cc1ccccc1. The number of nitrogens with one attached hydrogen (secondary N) is 1. The molecule has 1 N–H and O–H groups in total. The first-order valence-electron chi connectivity index (χ1n) is 13.7. The molecule has 1 aliphatic rings. The maximum absolute atomic E-state index is 14.0. The molecule has 1 heterocycles. The number of hydrogen-bond donors (Lipinski definition) is 1. The van der Waals surface area contributed by atoms with Crippen LogP contribution in [0.2, 0.25) is 0 Å². The van der Waals surface area contributed by atoms with Crippen LogP contribution < -0.4 is 5.32 Å². The molecule has 1 fully saturated rings. The second-order valence-electron chi connectivity index (χ2n) is 10.3. The molecule has 4 rings (SSSR count). The molecule has 41 heavy (non-hydrogen) atoms. The molecule has 0 aromatic heterocycles. The van der Waals surface area contributed by atoms with Crippen LogP contribution in [-0.2, 0) is 43.9 Å². The predicted octanol–water partition coefficient (Wildman–Crippen LogP) is 3.52. The van der Waals surface area contributed by atoms with Crippen molar-refractivity contribution in [3.8, 4) is 0 Å². The van der Waals surface area contributed by atoms with Gasteiger partial charge in [0, 0.05) is 32.7 Å². The fourth-order valence-electron chi connectivity index (χ4n) is 4.80. The second kappa shape index (κ2) is 14.3. The molecule has 1 saturated heterocycles. The Morgan fingerprint density at radius 1 is 0.927 bits per heavy atom. The van der Waals surface area contributed by atoms with Crippen molar-refractivity contribution in [1.82, 2.24) is 14.5 Å². The van der Waals surface area contributed by atoms with Crippen LogP contribution in [0.3, 0.4) is 0 Å². The van der Waals surface area contributed by atoms with Crippen LogP contribution in [0.25, 0.3) is 0 Å². The van der Waals surface area contributed by atoms with Crippen LogP contribution in [0.1, 0.15) is 29.5 Å². The summed E-state index contributed by atoms with van der Waals surface area (Å²) >= 11 is 0. The number of ether oxygens (including phenoxy) is 1. The zero-order chi connectivity index (χ0) is 29.2. The Labute approximate surface area is 241 Å². The van der Waals surface area contributed by atoms with Gasteiger partial charge in [0.05, 0.1) is 18.9 Å². The smallest absolute Gasteiger partial charge is 0.243 e. The zero-order valence-corrected chi connectivity index (χ0v) is 23.9. The first-order valence-corrected chi connectivity index (χ1v) is 15.5. The third-order valence-corrected chi connectivity index (χ3v) is 8.24. The molecule has 0 saturated carbocycles. The number of hydrogen-bond acceptors (Lipinski definition) is 5. The minimum absolute atomic E-state index is 0.00433. The van der Waals surface area contributed by atoms with Gasteiger partial charge in [-0.15, -0.1) is 0 Å². The molecule has 0 aliphatic carbocycles. The summed E-state index contributed by atoms with van der Waals surface area (Å²) in [4.78, 5) is 29.1. The molecular formula is C31H36FN3O5S. The summed E-state index contributed by atoms with van der Waals surface area (Å²) in [6.07, 6.45) is 2.94. The first kappa shape index (κ1) is 30.4.